The first-order valence-corrected chi connectivity index (χ1v) is 8.58. The van der Waals surface area contributed by atoms with Gasteiger partial charge in [0.05, 0.1) is 6.61 Å². The van der Waals surface area contributed by atoms with E-state index in [0.29, 0.717) is 18.3 Å². The second-order valence-corrected chi connectivity index (χ2v) is 6.13. The van der Waals surface area contributed by atoms with E-state index in [-0.39, 0.29) is 19.2 Å². The molecule has 2 amide bonds. The van der Waals surface area contributed by atoms with Crippen LogP contribution in [-0.4, -0.2) is 30.4 Å². The first-order chi connectivity index (χ1) is 11.2. The number of hydrogen-bond donors (Lipinski definition) is 3. The molecule has 1 aliphatic rings. The van der Waals surface area contributed by atoms with Crippen LogP contribution in [0.15, 0.2) is 24.3 Å². The van der Waals surface area contributed by atoms with E-state index in [9.17, 15) is 4.79 Å². The summed E-state index contributed by atoms with van der Waals surface area (Å²) < 4.78 is 5.47. The Morgan fingerprint density at radius 3 is 2.70 bits per heavy atom. The Balaban J connectivity index is 1.76. The molecule has 5 nitrogen and oxygen atoms in total. The van der Waals surface area contributed by atoms with E-state index in [2.05, 4.69) is 17.6 Å². The van der Waals surface area contributed by atoms with E-state index < -0.39 is 0 Å². The number of carbonyl (C=O) groups is 1. The third-order valence-corrected chi connectivity index (χ3v) is 4.52. The van der Waals surface area contributed by atoms with Crippen molar-refractivity contribution < 1.29 is 14.6 Å². The van der Waals surface area contributed by atoms with Crippen molar-refractivity contribution in [1.82, 2.24) is 10.6 Å². The Kier molecular flexibility index (Phi) is 7.20. The quantitative estimate of drug-likeness (QED) is 0.723. The van der Waals surface area contributed by atoms with Crippen LogP contribution >= 0.6 is 0 Å². The molecule has 1 aliphatic carbocycles. The van der Waals surface area contributed by atoms with Crippen molar-refractivity contribution in [3.8, 4) is 5.75 Å². The molecule has 2 rings (SSSR count). The molecule has 1 saturated carbocycles. The van der Waals surface area contributed by atoms with E-state index in [0.717, 1.165) is 24.3 Å². The van der Waals surface area contributed by atoms with E-state index in [4.69, 9.17) is 9.84 Å². The fraction of sp³-hybridized carbons (Fsp3) is 0.611. The van der Waals surface area contributed by atoms with Crippen LogP contribution in [0.3, 0.4) is 0 Å². The van der Waals surface area contributed by atoms with Crippen LogP contribution in [0.2, 0.25) is 0 Å². The largest absolute Gasteiger partial charge is 0.491 e. The van der Waals surface area contributed by atoms with Gasteiger partial charge in [0, 0.05) is 18.2 Å². The van der Waals surface area contributed by atoms with Gasteiger partial charge in [-0.15, -0.1) is 0 Å². The van der Waals surface area contributed by atoms with Crippen molar-refractivity contribution in [2.45, 2.75) is 51.6 Å². The number of aliphatic hydroxyl groups is 1. The maximum Gasteiger partial charge on any atom is 0.315 e. The highest BCUT2D eigenvalue weighted by molar-refractivity contribution is 5.74. The van der Waals surface area contributed by atoms with Crippen molar-refractivity contribution in [1.29, 1.82) is 0 Å². The van der Waals surface area contributed by atoms with Gasteiger partial charge in [0.15, 0.2) is 0 Å². The van der Waals surface area contributed by atoms with E-state index in [1.54, 1.807) is 0 Å². The second-order valence-electron chi connectivity index (χ2n) is 6.13. The van der Waals surface area contributed by atoms with Crippen LogP contribution in [0.4, 0.5) is 4.79 Å². The number of urea groups is 1. The fourth-order valence-corrected chi connectivity index (χ4v) is 3.07. The molecule has 0 aliphatic heterocycles. The summed E-state index contributed by atoms with van der Waals surface area (Å²) in [6.07, 6.45) is 5.80. The molecule has 0 radical (unpaired) electrons. The number of ether oxygens (including phenoxy) is 1. The average Bonchev–Trinajstić information content (AvgIpc) is 2.59. The zero-order valence-corrected chi connectivity index (χ0v) is 13.9. The van der Waals surface area contributed by atoms with Gasteiger partial charge in [0.25, 0.3) is 0 Å². The Morgan fingerprint density at radius 2 is 2.00 bits per heavy atom. The van der Waals surface area contributed by atoms with Gasteiger partial charge in [-0.3, -0.25) is 0 Å². The van der Waals surface area contributed by atoms with Crippen LogP contribution in [0.5, 0.6) is 5.75 Å². The summed E-state index contributed by atoms with van der Waals surface area (Å²) in [6, 6.07) is 7.71. The molecule has 1 aromatic rings. The zero-order chi connectivity index (χ0) is 16.5. The molecule has 0 spiro atoms. The highest BCUT2D eigenvalue weighted by Gasteiger charge is 2.21. The number of para-hydroxylation sites is 1. The van der Waals surface area contributed by atoms with E-state index in [1.165, 1.54) is 19.3 Å². The summed E-state index contributed by atoms with van der Waals surface area (Å²) in [4.78, 5) is 12.1. The number of carbonyl (C=O) groups excluding carboxylic acids is 1. The van der Waals surface area contributed by atoms with E-state index >= 15 is 0 Å². The van der Waals surface area contributed by atoms with Crippen LogP contribution < -0.4 is 15.4 Å². The Morgan fingerprint density at radius 1 is 1.26 bits per heavy atom. The number of aliphatic hydroxyl groups excluding tert-OH is 1. The van der Waals surface area contributed by atoms with E-state index in [1.807, 2.05) is 24.3 Å². The molecule has 0 heterocycles. The van der Waals surface area contributed by atoms with Crippen molar-refractivity contribution >= 4 is 6.03 Å². The Hall–Kier alpha value is -1.75. The highest BCUT2D eigenvalue weighted by atomic mass is 16.5. The maximum absolute atomic E-state index is 12.1. The zero-order valence-electron chi connectivity index (χ0n) is 13.9. The smallest absolute Gasteiger partial charge is 0.315 e. The monoisotopic (exact) mass is 320 g/mol. The molecular formula is C18H28N2O3. The Labute approximate surface area is 138 Å². The normalized spacial score (nSPS) is 20.8. The summed E-state index contributed by atoms with van der Waals surface area (Å²) >= 11 is 0. The molecule has 0 bridgehead atoms. The van der Waals surface area contributed by atoms with Gasteiger partial charge in [-0.25, -0.2) is 4.79 Å². The van der Waals surface area contributed by atoms with Crippen LogP contribution in [0.25, 0.3) is 0 Å². The molecular weight excluding hydrogens is 292 g/mol. The average molecular weight is 320 g/mol. The fourth-order valence-electron chi connectivity index (χ4n) is 3.07. The van der Waals surface area contributed by atoms with Gasteiger partial charge in [-0.1, -0.05) is 31.5 Å². The lowest BCUT2D eigenvalue weighted by atomic mass is 9.85. The Bertz CT molecular complexity index is 485. The second kappa shape index (κ2) is 9.40. The summed E-state index contributed by atoms with van der Waals surface area (Å²) in [5, 5.41) is 14.8. The van der Waals surface area contributed by atoms with Gasteiger partial charge in [0.1, 0.15) is 12.4 Å². The number of hydrogen-bond acceptors (Lipinski definition) is 3. The number of amides is 2. The molecule has 0 saturated heterocycles. The first-order valence-electron chi connectivity index (χ1n) is 8.58. The molecule has 0 unspecified atom stereocenters. The topological polar surface area (TPSA) is 70.6 Å². The summed E-state index contributed by atoms with van der Waals surface area (Å²) in [5.41, 5.74) is 0.908. The third kappa shape index (κ3) is 5.75. The summed E-state index contributed by atoms with van der Waals surface area (Å²) in [6.45, 7) is 2.88. The van der Waals surface area contributed by atoms with Gasteiger partial charge in [-0.2, -0.15) is 0 Å². The molecule has 1 fully saturated rings. The first kappa shape index (κ1) is 17.6. The number of rotatable bonds is 7. The minimum absolute atomic E-state index is 0.0251. The SMILES string of the molecule is CCC1CCC(NC(=O)NCc2ccccc2OCCO)CC1. The predicted molar refractivity (Wildman–Crippen MR) is 90.4 cm³/mol. The van der Waals surface area contributed by atoms with Crippen molar-refractivity contribution in [2.24, 2.45) is 5.92 Å². The van der Waals surface area contributed by atoms with Crippen LogP contribution in [0.1, 0.15) is 44.6 Å². The highest BCUT2D eigenvalue weighted by Crippen LogP contribution is 2.26. The van der Waals surface area contributed by atoms with Gasteiger partial charge >= 0.3 is 6.03 Å². The lowest BCUT2D eigenvalue weighted by Gasteiger charge is -2.28. The molecule has 0 atom stereocenters. The summed E-state index contributed by atoms with van der Waals surface area (Å²) in [7, 11) is 0. The lowest BCUT2D eigenvalue weighted by molar-refractivity contribution is 0.200. The molecule has 128 valence electrons. The van der Waals surface area contributed by atoms with Crippen LogP contribution in [0, 0.1) is 5.92 Å². The molecule has 23 heavy (non-hydrogen) atoms. The number of benzene rings is 1. The maximum atomic E-state index is 12.1. The molecule has 1 aromatic carbocycles. The van der Waals surface area contributed by atoms with Crippen molar-refractivity contribution in [3.05, 3.63) is 29.8 Å². The molecule has 5 heteroatoms. The molecule has 3 N–H and O–H groups in total. The van der Waals surface area contributed by atoms with Gasteiger partial charge in [0.2, 0.25) is 0 Å². The van der Waals surface area contributed by atoms with Gasteiger partial charge in [-0.05, 0) is 37.7 Å². The third-order valence-electron chi connectivity index (χ3n) is 4.52. The predicted octanol–water partition coefficient (Wildman–Crippen LogP) is 2.83. The standard InChI is InChI=1S/C18H28N2O3/c1-2-14-7-9-16(10-8-14)20-18(22)19-13-15-5-3-4-6-17(15)23-12-11-21/h3-6,14,16,21H,2,7-13H2,1H3,(H2,19,20,22). The minimum Gasteiger partial charge on any atom is -0.491 e. The van der Waals surface area contributed by atoms with Crippen LogP contribution in [-0.2, 0) is 6.54 Å². The number of nitrogens with one attached hydrogen (secondary N) is 2. The minimum atomic E-state index is -0.123. The molecule has 0 aromatic heterocycles. The van der Waals surface area contributed by atoms with Crippen molar-refractivity contribution in [3.63, 3.8) is 0 Å². The van der Waals surface area contributed by atoms with Crippen molar-refractivity contribution in [2.75, 3.05) is 13.2 Å². The summed E-state index contributed by atoms with van der Waals surface area (Å²) in [5.74, 6) is 1.52. The lowest BCUT2D eigenvalue weighted by Crippen LogP contribution is -2.43. The van der Waals surface area contributed by atoms with Gasteiger partial charge < -0.3 is 20.5 Å².